The van der Waals surface area contributed by atoms with Gasteiger partial charge in [-0.2, -0.15) is 13.2 Å². The topological polar surface area (TPSA) is 92.4 Å². The highest BCUT2D eigenvalue weighted by atomic mass is 19.4. The molecule has 0 aliphatic carbocycles. The van der Waals surface area contributed by atoms with Crippen LogP contribution in [0.4, 0.5) is 24.9 Å². The van der Waals surface area contributed by atoms with Gasteiger partial charge in [-0.15, -0.1) is 5.10 Å². The lowest BCUT2D eigenvalue weighted by Crippen LogP contribution is -2.32. The van der Waals surface area contributed by atoms with E-state index in [9.17, 15) is 18.0 Å². The van der Waals surface area contributed by atoms with Crippen LogP contribution in [0, 0.1) is 0 Å². The van der Waals surface area contributed by atoms with Crippen LogP contribution in [0.5, 0.6) is 0 Å². The van der Waals surface area contributed by atoms with Crippen LogP contribution in [0.25, 0.3) is 11.5 Å². The zero-order valence-corrected chi connectivity index (χ0v) is 17.4. The third-order valence-electron chi connectivity index (χ3n) is 5.14. The van der Waals surface area contributed by atoms with Crippen molar-refractivity contribution in [2.24, 2.45) is 4.99 Å². The summed E-state index contributed by atoms with van der Waals surface area (Å²) in [5.74, 6) is -0.437. The molecule has 0 radical (unpaired) electrons. The number of alkyl halides is 3. The van der Waals surface area contributed by atoms with Crippen molar-refractivity contribution in [2.45, 2.75) is 12.3 Å². The predicted octanol–water partition coefficient (Wildman–Crippen LogP) is 4.98. The molecule has 0 saturated heterocycles. The molecule has 10 heteroatoms. The number of para-hydroxylation sites is 1. The summed E-state index contributed by atoms with van der Waals surface area (Å²) < 4.78 is 43.9. The SMILES string of the molecule is O=C1Nc2ccccc2C(c2ccccc2)=N[C@@H]1Nc1nnc(-c2ccc(C(F)(F)F)cc2)o1. The number of fused-ring (bicyclic) bond motifs is 1. The maximum Gasteiger partial charge on any atom is 0.416 e. The van der Waals surface area contributed by atoms with Crippen LogP contribution in [0.1, 0.15) is 16.7 Å². The standard InChI is InChI=1S/C24H16F3N5O2/c25-24(26,27)16-12-10-15(11-13-16)22-31-32-23(34-22)30-20-21(33)28-18-9-5-4-8-17(18)19(29-20)14-6-2-1-3-7-14/h1-13,20H,(H,28,33)(H,30,32)/t20-/m1/s1. The molecule has 0 saturated carbocycles. The number of nitrogens with one attached hydrogen (secondary N) is 2. The zero-order chi connectivity index (χ0) is 23.7. The smallest absolute Gasteiger partial charge is 0.403 e. The molecule has 5 rings (SSSR count). The normalized spacial score (nSPS) is 15.7. The van der Waals surface area contributed by atoms with Gasteiger partial charge < -0.3 is 15.1 Å². The first-order valence-electron chi connectivity index (χ1n) is 10.2. The number of halogens is 3. The molecule has 1 amide bonds. The van der Waals surface area contributed by atoms with Gasteiger partial charge >= 0.3 is 12.2 Å². The highest BCUT2D eigenvalue weighted by Crippen LogP contribution is 2.31. The van der Waals surface area contributed by atoms with Gasteiger partial charge in [0.1, 0.15) is 0 Å². The molecule has 1 aliphatic heterocycles. The van der Waals surface area contributed by atoms with Crippen molar-refractivity contribution >= 4 is 23.3 Å². The van der Waals surface area contributed by atoms with Crippen LogP contribution in [0.2, 0.25) is 0 Å². The average molecular weight is 463 g/mol. The summed E-state index contributed by atoms with van der Waals surface area (Å²) in [6.45, 7) is 0. The van der Waals surface area contributed by atoms with Gasteiger partial charge in [0.15, 0.2) is 0 Å². The van der Waals surface area contributed by atoms with Gasteiger partial charge in [-0.1, -0.05) is 53.6 Å². The third kappa shape index (κ3) is 4.25. The molecule has 170 valence electrons. The van der Waals surface area contributed by atoms with Crippen LogP contribution in [0.15, 0.2) is 88.3 Å². The van der Waals surface area contributed by atoms with Gasteiger partial charge in [0.05, 0.1) is 17.0 Å². The Kier molecular flexibility index (Phi) is 5.33. The Balaban J connectivity index is 1.44. The number of anilines is 2. The molecule has 34 heavy (non-hydrogen) atoms. The van der Waals surface area contributed by atoms with Crippen LogP contribution in [0.3, 0.4) is 0 Å². The summed E-state index contributed by atoms with van der Waals surface area (Å²) in [4.78, 5) is 17.5. The fourth-order valence-corrected chi connectivity index (χ4v) is 3.50. The van der Waals surface area contributed by atoms with E-state index in [1.807, 2.05) is 48.5 Å². The van der Waals surface area contributed by atoms with Gasteiger partial charge in [-0.05, 0) is 30.3 Å². The molecule has 3 aromatic carbocycles. The van der Waals surface area contributed by atoms with Gasteiger partial charge in [0, 0.05) is 16.7 Å². The highest BCUT2D eigenvalue weighted by Gasteiger charge is 2.30. The Bertz CT molecular complexity index is 1370. The molecule has 0 spiro atoms. The molecule has 0 bridgehead atoms. The van der Waals surface area contributed by atoms with E-state index in [-0.39, 0.29) is 11.9 Å². The van der Waals surface area contributed by atoms with E-state index in [1.54, 1.807) is 6.07 Å². The number of nitrogens with zero attached hydrogens (tertiary/aromatic N) is 3. The second-order valence-electron chi connectivity index (χ2n) is 7.41. The van der Waals surface area contributed by atoms with Crippen LogP contribution in [-0.2, 0) is 11.0 Å². The van der Waals surface area contributed by atoms with Crippen molar-refractivity contribution in [3.05, 3.63) is 95.6 Å². The van der Waals surface area contributed by atoms with E-state index in [2.05, 4.69) is 25.8 Å². The summed E-state index contributed by atoms with van der Waals surface area (Å²) >= 11 is 0. The Morgan fingerprint density at radius 1 is 0.853 bits per heavy atom. The Hall–Kier alpha value is -4.47. The summed E-state index contributed by atoms with van der Waals surface area (Å²) in [6.07, 6.45) is -5.54. The van der Waals surface area contributed by atoms with Crippen molar-refractivity contribution < 1.29 is 22.4 Å². The number of rotatable bonds is 4. The number of benzodiazepines with no additional fused rings is 1. The van der Waals surface area contributed by atoms with Gasteiger partial charge in [-0.25, -0.2) is 4.99 Å². The number of amides is 1. The maximum atomic E-state index is 12.9. The third-order valence-corrected chi connectivity index (χ3v) is 5.14. The fraction of sp³-hybridized carbons (Fsp3) is 0.0833. The summed E-state index contributed by atoms with van der Waals surface area (Å²) in [7, 11) is 0. The first kappa shape index (κ1) is 21.4. The van der Waals surface area contributed by atoms with Gasteiger partial charge in [0.2, 0.25) is 12.1 Å². The lowest BCUT2D eigenvalue weighted by atomic mass is 10.0. The second kappa shape index (κ2) is 8.47. The Morgan fingerprint density at radius 3 is 2.29 bits per heavy atom. The van der Waals surface area contributed by atoms with Crippen LogP contribution >= 0.6 is 0 Å². The molecule has 4 aromatic rings. The average Bonchev–Trinajstić information content (AvgIpc) is 3.25. The number of hydrogen-bond acceptors (Lipinski definition) is 6. The largest absolute Gasteiger partial charge is 0.416 e. The molecule has 2 heterocycles. The van der Waals surface area contributed by atoms with Crippen molar-refractivity contribution in [3.8, 4) is 11.5 Å². The van der Waals surface area contributed by atoms with Crippen molar-refractivity contribution in [1.29, 1.82) is 0 Å². The van der Waals surface area contributed by atoms with E-state index >= 15 is 0 Å². The minimum atomic E-state index is -4.45. The zero-order valence-electron chi connectivity index (χ0n) is 17.4. The molecule has 1 aliphatic rings. The van der Waals surface area contributed by atoms with Gasteiger partial charge in [-0.3, -0.25) is 4.79 Å². The first-order chi connectivity index (χ1) is 16.4. The number of carbonyl (C=O) groups is 1. The molecular formula is C24H16F3N5O2. The van der Waals surface area contributed by atoms with E-state index < -0.39 is 23.8 Å². The Labute approximate surface area is 191 Å². The molecule has 1 atom stereocenters. The predicted molar refractivity (Wildman–Crippen MR) is 119 cm³/mol. The van der Waals surface area contributed by atoms with Crippen LogP contribution in [-0.4, -0.2) is 28.0 Å². The number of aliphatic imine (C=N–C) groups is 1. The maximum absolute atomic E-state index is 12.9. The Morgan fingerprint density at radius 2 is 1.56 bits per heavy atom. The molecule has 2 N–H and O–H groups in total. The lowest BCUT2D eigenvalue weighted by Gasteiger charge is -2.11. The van der Waals surface area contributed by atoms with Gasteiger partial charge in [0.25, 0.3) is 5.91 Å². The molecule has 7 nitrogen and oxygen atoms in total. The summed E-state index contributed by atoms with van der Waals surface area (Å²) in [5, 5.41) is 13.4. The number of benzene rings is 3. The van der Waals surface area contributed by atoms with E-state index in [4.69, 9.17) is 4.42 Å². The van der Waals surface area contributed by atoms with E-state index in [0.29, 0.717) is 17.0 Å². The van der Waals surface area contributed by atoms with E-state index in [1.165, 1.54) is 12.1 Å². The minimum Gasteiger partial charge on any atom is -0.403 e. The highest BCUT2D eigenvalue weighted by molar-refractivity contribution is 6.19. The van der Waals surface area contributed by atoms with E-state index in [0.717, 1.165) is 23.3 Å². The molecule has 0 unspecified atom stereocenters. The quantitative estimate of drug-likeness (QED) is 0.445. The van der Waals surface area contributed by atoms with Crippen LogP contribution < -0.4 is 10.6 Å². The first-order valence-corrected chi connectivity index (χ1v) is 10.2. The lowest BCUT2D eigenvalue weighted by molar-refractivity contribution is -0.137. The number of aromatic nitrogens is 2. The number of carbonyl (C=O) groups excluding carboxylic acids is 1. The number of hydrogen-bond donors (Lipinski definition) is 2. The monoisotopic (exact) mass is 463 g/mol. The van der Waals surface area contributed by atoms with Crippen molar-refractivity contribution in [3.63, 3.8) is 0 Å². The molecular weight excluding hydrogens is 447 g/mol. The summed E-state index contributed by atoms with van der Waals surface area (Å²) in [6, 6.07) is 20.9. The fourth-order valence-electron chi connectivity index (χ4n) is 3.50. The van der Waals surface area contributed by atoms with Crippen molar-refractivity contribution in [1.82, 2.24) is 10.2 Å². The molecule has 0 fully saturated rings. The second-order valence-corrected chi connectivity index (χ2v) is 7.41. The molecule has 1 aromatic heterocycles. The summed E-state index contributed by atoms with van der Waals surface area (Å²) in [5.41, 5.74) is 2.28. The minimum absolute atomic E-state index is 0.000744. The van der Waals surface area contributed by atoms with Crippen molar-refractivity contribution in [2.75, 3.05) is 10.6 Å².